The maximum atomic E-state index is 12.7. The van der Waals surface area contributed by atoms with Crippen molar-refractivity contribution < 1.29 is 4.79 Å². The highest BCUT2D eigenvalue weighted by Gasteiger charge is 2.24. The van der Waals surface area contributed by atoms with Gasteiger partial charge in [0.2, 0.25) is 5.91 Å². The molecule has 2 aliphatic rings. The van der Waals surface area contributed by atoms with Crippen LogP contribution in [0.25, 0.3) is 11.0 Å². The van der Waals surface area contributed by atoms with E-state index >= 15 is 0 Å². The lowest BCUT2D eigenvalue weighted by atomic mass is 9.88. The third-order valence-electron chi connectivity index (χ3n) is 6.74. The number of benzene rings is 1. The number of piperidine rings is 1. The van der Waals surface area contributed by atoms with Crippen LogP contribution in [0.3, 0.4) is 0 Å². The van der Waals surface area contributed by atoms with Crippen LogP contribution in [0, 0.1) is 5.92 Å². The third kappa shape index (κ3) is 4.58. The Kier molecular flexibility index (Phi) is 6.38. The summed E-state index contributed by atoms with van der Waals surface area (Å²) in [5.41, 5.74) is 1.62. The lowest BCUT2D eigenvalue weighted by Gasteiger charge is -2.35. The van der Waals surface area contributed by atoms with Crippen molar-refractivity contribution in [3.8, 4) is 0 Å². The van der Waals surface area contributed by atoms with Crippen molar-refractivity contribution >= 4 is 16.9 Å². The quantitative estimate of drug-likeness (QED) is 0.814. The molecule has 1 saturated heterocycles. The summed E-state index contributed by atoms with van der Waals surface area (Å²) in [5.74, 6) is 0.814. The standard InChI is InChI=1S/C23H34N4O2/c1-2-26-20-10-6-7-11-21(20)27(23(26)29)17-22(28)24-19-12-14-25(15-13-19)16-18-8-4-3-5-9-18/h6-7,10-11,18-19H,2-5,8-9,12-17H2,1H3,(H,24,28). The van der Waals surface area contributed by atoms with Crippen molar-refractivity contribution in [3.63, 3.8) is 0 Å². The SMILES string of the molecule is CCn1c(=O)n(CC(=O)NC2CCN(CC3CCCCC3)CC2)c2ccccc21. The van der Waals surface area contributed by atoms with E-state index < -0.39 is 0 Å². The van der Waals surface area contributed by atoms with Crippen LogP contribution in [0.2, 0.25) is 0 Å². The van der Waals surface area contributed by atoms with Crippen LogP contribution >= 0.6 is 0 Å². The molecule has 0 bridgehead atoms. The minimum absolute atomic E-state index is 0.0585. The Morgan fingerprint density at radius 1 is 1.00 bits per heavy atom. The number of hydrogen-bond acceptors (Lipinski definition) is 3. The highest BCUT2D eigenvalue weighted by molar-refractivity contribution is 5.81. The Balaban J connectivity index is 1.31. The Labute approximate surface area is 172 Å². The van der Waals surface area contributed by atoms with Gasteiger partial charge in [-0.25, -0.2) is 4.79 Å². The minimum atomic E-state index is -0.105. The number of amides is 1. The lowest BCUT2D eigenvalue weighted by Crippen LogP contribution is -2.47. The molecule has 4 rings (SSSR count). The van der Waals surface area contributed by atoms with Gasteiger partial charge in [-0.1, -0.05) is 31.4 Å². The smallest absolute Gasteiger partial charge is 0.329 e. The Morgan fingerprint density at radius 3 is 2.31 bits per heavy atom. The fourth-order valence-corrected chi connectivity index (χ4v) is 5.14. The molecule has 6 nitrogen and oxygen atoms in total. The molecule has 158 valence electrons. The van der Waals surface area contributed by atoms with Crippen LogP contribution in [-0.4, -0.2) is 45.6 Å². The van der Waals surface area contributed by atoms with Crippen LogP contribution < -0.4 is 11.0 Å². The summed E-state index contributed by atoms with van der Waals surface area (Å²) in [6.45, 7) is 6.01. The molecule has 0 unspecified atom stereocenters. The summed E-state index contributed by atoms with van der Waals surface area (Å²) < 4.78 is 3.33. The molecule has 0 radical (unpaired) electrons. The van der Waals surface area contributed by atoms with Gasteiger partial charge in [-0.05, 0) is 50.7 Å². The maximum Gasteiger partial charge on any atom is 0.329 e. The normalized spacial score (nSPS) is 19.6. The van der Waals surface area contributed by atoms with Crippen molar-refractivity contribution in [1.29, 1.82) is 0 Å². The van der Waals surface area contributed by atoms with Gasteiger partial charge in [-0.3, -0.25) is 13.9 Å². The first-order valence-corrected chi connectivity index (χ1v) is 11.4. The van der Waals surface area contributed by atoms with E-state index in [1.54, 1.807) is 9.13 Å². The largest absolute Gasteiger partial charge is 0.352 e. The van der Waals surface area contributed by atoms with Crippen molar-refractivity contribution in [3.05, 3.63) is 34.7 Å². The second kappa shape index (κ2) is 9.16. The van der Waals surface area contributed by atoms with Gasteiger partial charge in [0.1, 0.15) is 6.54 Å². The van der Waals surface area contributed by atoms with E-state index in [9.17, 15) is 9.59 Å². The molecule has 1 aliphatic carbocycles. The molecule has 2 fully saturated rings. The first-order valence-electron chi connectivity index (χ1n) is 11.4. The number of para-hydroxylation sites is 2. The third-order valence-corrected chi connectivity index (χ3v) is 6.74. The summed E-state index contributed by atoms with van der Waals surface area (Å²) in [5, 5.41) is 3.18. The molecule has 0 atom stereocenters. The van der Waals surface area contributed by atoms with Gasteiger partial charge < -0.3 is 10.2 Å². The number of imidazole rings is 1. The minimum Gasteiger partial charge on any atom is -0.352 e. The van der Waals surface area contributed by atoms with E-state index in [1.807, 2.05) is 31.2 Å². The van der Waals surface area contributed by atoms with Crippen molar-refractivity contribution in [2.75, 3.05) is 19.6 Å². The number of carbonyl (C=O) groups excluding carboxylic acids is 1. The van der Waals surface area contributed by atoms with Gasteiger partial charge in [-0.2, -0.15) is 0 Å². The predicted molar refractivity (Wildman–Crippen MR) is 116 cm³/mol. The maximum absolute atomic E-state index is 12.7. The summed E-state index contributed by atoms with van der Waals surface area (Å²) >= 11 is 0. The fourth-order valence-electron chi connectivity index (χ4n) is 5.14. The second-order valence-electron chi connectivity index (χ2n) is 8.75. The Hall–Kier alpha value is -2.08. The van der Waals surface area contributed by atoms with Crippen molar-refractivity contribution in [2.24, 2.45) is 5.92 Å². The van der Waals surface area contributed by atoms with Gasteiger partial charge in [0.05, 0.1) is 11.0 Å². The number of aromatic nitrogens is 2. The number of hydrogen-bond donors (Lipinski definition) is 1. The van der Waals surface area contributed by atoms with Gasteiger partial charge in [0.25, 0.3) is 0 Å². The predicted octanol–water partition coefficient (Wildman–Crippen LogP) is 2.98. The van der Waals surface area contributed by atoms with E-state index in [4.69, 9.17) is 0 Å². The molecule has 6 heteroatoms. The molecule has 0 spiro atoms. The first kappa shape index (κ1) is 20.2. The Morgan fingerprint density at radius 2 is 1.66 bits per heavy atom. The van der Waals surface area contributed by atoms with Crippen LogP contribution in [0.5, 0.6) is 0 Å². The van der Waals surface area contributed by atoms with E-state index in [1.165, 1.54) is 38.6 Å². The van der Waals surface area contributed by atoms with Gasteiger partial charge in [0.15, 0.2) is 0 Å². The molecular formula is C23H34N4O2. The van der Waals surface area contributed by atoms with Gasteiger partial charge in [-0.15, -0.1) is 0 Å². The highest BCUT2D eigenvalue weighted by atomic mass is 16.2. The first-order chi connectivity index (χ1) is 14.2. The molecule has 1 aromatic carbocycles. The zero-order valence-electron chi connectivity index (χ0n) is 17.6. The topological polar surface area (TPSA) is 59.3 Å². The summed E-state index contributed by atoms with van der Waals surface area (Å²) in [7, 11) is 0. The summed E-state index contributed by atoms with van der Waals surface area (Å²) in [4.78, 5) is 28.0. The molecule has 1 aliphatic heterocycles. The average molecular weight is 399 g/mol. The fraction of sp³-hybridized carbons (Fsp3) is 0.652. The van der Waals surface area contributed by atoms with Crippen LogP contribution in [0.15, 0.2) is 29.1 Å². The average Bonchev–Trinajstić information content (AvgIpc) is 3.01. The number of likely N-dealkylation sites (tertiary alicyclic amines) is 1. The molecule has 1 amide bonds. The monoisotopic (exact) mass is 398 g/mol. The molecule has 2 aromatic rings. The number of nitrogens with zero attached hydrogens (tertiary/aromatic N) is 3. The van der Waals surface area contributed by atoms with Crippen molar-refractivity contribution in [2.45, 2.75) is 71.0 Å². The summed E-state index contributed by atoms with van der Waals surface area (Å²) in [6.07, 6.45) is 8.97. The van der Waals surface area contributed by atoms with E-state index in [0.717, 1.165) is 42.9 Å². The number of rotatable bonds is 6. The number of aryl methyl sites for hydroxylation is 1. The molecule has 2 heterocycles. The lowest BCUT2D eigenvalue weighted by molar-refractivity contribution is -0.122. The van der Waals surface area contributed by atoms with Crippen LogP contribution in [-0.2, 0) is 17.9 Å². The second-order valence-corrected chi connectivity index (χ2v) is 8.75. The summed E-state index contributed by atoms with van der Waals surface area (Å²) in [6, 6.07) is 7.93. The number of fused-ring (bicyclic) bond motifs is 1. The van der Waals surface area contributed by atoms with Crippen LogP contribution in [0.1, 0.15) is 51.9 Å². The molecular weight excluding hydrogens is 364 g/mol. The number of nitrogens with one attached hydrogen (secondary N) is 1. The molecule has 1 N–H and O–H groups in total. The van der Waals surface area contributed by atoms with E-state index in [0.29, 0.717) is 6.54 Å². The molecule has 1 saturated carbocycles. The molecule has 29 heavy (non-hydrogen) atoms. The van der Waals surface area contributed by atoms with Gasteiger partial charge in [0, 0.05) is 32.2 Å². The van der Waals surface area contributed by atoms with Crippen LogP contribution in [0.4, 0.5) is 0 Å². The van der Waals surface area contributed by atoms with Gasteiger partial charge >= 0.3 is 5.69 Å². The number of carbonyl (C=O) groups is 1. The highest BCUT2D eigenvalue weighted by Crippen LogP contribution is 2.25. The zero-order valence-corrected chi connectivity index (χ0v) is 17.6. The molecule has 1 aromatic heterocycles. The van der Waals surface area contributed by atoms with E-state index in [-0.39, 0.29) is 24.2 Å². The van der Waals surface area contributed by atoms with Crippen molar-refractivity contribution in [1.82, 2.24) is 19.4 Å². The van der Waals surface area contributed by atoms with E-state index in [2.05, 4.69) is 10.2 Å². The Bertz CT molecular complexity index is 886. The zero-order chi connectivity index (χ0) is 20.2.